The Morgan fingerprint density at radius 2 is 1.73 bits per heavy atom. The highest BCUT2D eigenvalue weighted by Gasteiger charge is 2.15. The molecule has 1 amide bonds. The molecule has 0 fully saturated rings. The fourth-order valence-corrected chi connectivity index (χ4v) is 2.01. The predicted molar refractivity (Wildman–Crippen MR) is 64.7 cm³/mol. The molecule has 1 aromatic carbocycles. The van der Waals surface area contributed by atoms with Crippen LogP contribution in [0.1, 0.15) is 6.92 Å². The summed E-state index contributed by atoms with van der Waals surface area (Å²) in [5.74, 6) is 0.803. The summed E-state index contributed by atoms with van der Waals surface area (Å²) in [6, 6.07) is 7.45. The average Bonchev–Trinajstić information content (AvgIpc) is 2.05. The first-order valence-electron chi connectivity index (χ1n) is 4.93. The Hall–Kier alpha value is -1.29. The standard InChI is InChI=1S/C11H17NO2Si/c1-9(13)12-10-5-7-11(8-6-10)14-15(2,3)4/h5-8H,1-4H3,(H,12,13). The maximum absolute atomic E-state index is 10.8. The molecule has 0 aliphatic rings. The van der Waals surface area contributed by atoms with Gasteiger partial charge in [-0.05, 0) is 43.9 Å². The first-order valence-corrected chi connectivity index (χ1v) is 8.34. The number of hydrogen-bond donors (Lipinski definition) is 1. The Morgan fingerprint density at radius 3 is 2.13 bits per heavy atom. The van der Waals surface area contributed by atoms with Crippen molar-refractivity contribution in [1.29, 1.82) is 0 Å². The van der Waals surface area contributed by atoms with Crippen molar-refractivity contribution in [2.45, 2.75) is 26.6 Å². The lowest BCUT2D eigenvalue weighted by molar-refractivity contribution is -0.114. The molecule has 0 saturated heterocycles. The summed E-state index contributed by atoms with van der Waals surface area (Å²) in [7, 11) is -1.53. The lowest BCUT2D eigenvalue weighted by Gasteiger charge is -2.19. The van der Waals surface area contributed by atoms with Gasteiger partial charge in [-0.25, -0.2) is 0 Å². The van der Waals surface area contributed by atoms with Gasteiger partial charge in [-0.3, -0.25) is 4.79 Å². The summed E-state index contributed by atoms with van der Waals surface area (Å²) in [5.41, 5.74) is 0.797. The van der Waals surface area contributed by atoms with Crippen LogP contribution < -0.4 is 9.74 Å². The molecule has 1 N–H and O–H groups in total. The minimum atomic E-state index is -1.53. The van der Waals surface area contributed by atoms with Crippen molar-refractivity contribution in [3.63, 3.8) is 0 Å². The summed E-state index contributed by atoms with van der Waals surface area (Å²) in [4.78, 5) is 10.8. The molecule has 1 aromatic rings. The normalized spacial score (nSPS) is 10.9. The van der Waals surface area contributed by atoms with Crippen molar-refractivity contribution in [3.05, 3.63) is 24.3 Å². The first-order chi connectivity index (χ1) is 6.87. The molecule has 0 unspecified atom stereocenters. The third kappa shape index (κ3) is 4.65. The van der Waals surface area contributed by atoms with E-state index in [-0.39, 0.29) is 5.91 Å². The van der Waals surface area contributed by atoms with Crippen LogP contribution in [0.2, 0.25) is 19.6 Å². The molecule has 4 heteroatoms. The van der Waals surface area contributed by atoms with Crippen molar-refractivity contribution in [2.75, 3.05) is 5.32 Å². The number of carbonyl (C=O) groups is 1. The number of carbonyl (C=O) groups excluding carboxylic acids is 1. The molecule has 15 heavy (non-hydrogen) atoms. The second-order valence-electron chi connectivity index (χ2n) is 4.42. The summed E-state index contributed by atoms with van der Waals surface area (Å²) in [6.45, 7) is 7.89. The Kier molecular flexibility index (Phi) is 3.52. The summed E-state index contributed by atoms with van der Waals surface area (Å²) < 4.78 is 5.79. The van der Waals surface area contributed by atoms with E-state index in [4.69, 9.17) is 4.43 Å². The van der Waals surface area contributed by atoms with Crippen LogP contribution in [0.3, 0.4) is 0 Å². The molecule has 3 nitrogen and oxygen atoms in total. The third-order valence-electron chi connectivity index (χ3n) is 1.60. The zero-order valence-electron chi connectivity index (χ0n) is 9.63. The van der Waals surface area contributed by atoms with E-state index < -0.39 is 8.32 Å². The number of amides is 1. The van der Waals surface area contributed by atoms with Gasteiger partial charge in [0.15, 0.2) is 0 Å². The molecule has 0 saturated carbocycles. The van der Waals surface area contributed by atoms with E-state index in [9.17, 15) is 4.79 Å². The van der Waals surface area contributed by atoms with Gasteiger partial charge >= 0.3 is 0 Å². The smallest absolute Gasteiger partial charge is 0.242 e. The molecule has 0 heterocycles. The quantitative estimate of drug-likeness (QED) is 0.800. The van der Waals surface area contributed by atoms with E-state index in [1.165, 1.54) is 6.92 Å². The second-order valence-corrected chi connectivity index (χ2v) is 8.85. The van der Waals surface area contributed by atoms with E-state index in [0.29, 0.717) is 0 Å². The summed E-state index contributed by atoms with van der Waals surface area (Å²) in [6.07, 6.45) is 0. The molecule has 0 bridgehead atoms. The number of anilines is 1. The lowest BCUT2D eigenvalue weighted by atomic mass is 10.3. The van der Waals surface area contributed by atoms with Gasteiger partial charge in [0.05, 0.1) is 0 Å². The zero-order valence-corrected chi connectivity index (χ0v) is 10.6. The maximum Gasteiger partial charge on any atom is 0.242 e. The molecule has 0 atom stereocenters. The van der Waals surface area contributed by atoms with Crippen molar-refractivity contribution in [2.24, 2.45) is 0 Å². The highest BCUT2D eigenvalue weighted by atomic mass is 28.4. The Bertz CT molecular complexity index is 341. The first kappa shape index (κ1) is 11.8. The summed E-state index contributed by atoms with van der Waals surface area (Å²) >= 11 is 0. The molecule has 0 aromatic heterocycles. The maximum atomic E-state index is 10.8. The monoisotopic (exact) mass is 223 g/mol. The number of hydrogen-bond acceptors (Lipinski definition) is 2. The van der Waals surface area contributed by atoms with E-state index >= 15 is 0 Å². The molecule has 0 aliphatic heterocycles. The van der Waals surface area contributed by atoms with Crippen LogP contribution in [-0.4, -0.2) is 14.2 Å². The molecule has 82 valence electrons. The minimum Gasteiger partial charge on any atom is -0.544 e. The molecule has 0 aliphatic carbocycles. The highest BCUT2D eigenvalue weighted by molar-refractivity contribution is 6.70. The third-order valence-corrected chi connectivity index (χ3v) is 2.45. The summed E-state index contributed by atoms with van der Waals surface area (Å²) in [5, 5.41) is 2.71. The Labute approximate surface area is 91.6 Å². The van der Waals surface area contributed by atoms with Crippen LogP contribution in [0.4, 0.5) is 5.69 Å². The minimum absolute atomic E-state index is 0.0612. The van der Waals surface area contributed by atoms with Crippen LogP contribution in [0.5, 0.6) is 5.75 Å². The number of benzene rings is 1. The second kappa shape index (κ2) is 4.48. The van der Waals surface area contributed by atoms with Crippen LogP contribution >= 0.6 is 0 Å². The van der Waals surface area contributed by atoms with Gasteiger partial charge in [-0.2, -0.15) is 0 Å². The van der Waals surface area contributed by atoms with Gasteiger partial charge in [0.25, 0.3) is 0 Å². The predicted octanol–water partition coefficient (Wildman–Crippen LogP) is 2.86. The molecular weight excluding hydrogens is 206 g/mol. The fraction of sp³-hybridized carbons (Fsp3) is 0.364. The fourth-order valence-electron chi connectivity index (χ4n) is 1.16. The Morgan fingerprint density at radius 1 is 1.20 bits per heavy atom. The topological polar surface area (TPSA) is 38.3 Å². The van der Waals surface area contributed by atoms with E-state index in [1.807, 2.05) is 24.3 Å². The van der Waals surface area contributed by atoms with E-state index in [1.54, 1.807) is 0 Å². The van der Waals surface area contributed by atoms with Gasteiger partial charge in [-0.15, -0.1) is 0 Å². The molecule has 0 spiro atoms. The van der Waals surface area contributed by atoms with Gasteiger partial charge in [-0.1, -0.05) is 0 Å². The van der Waals surface area contributed by atoms with Gasteiger partial charge in [0, 0.05) is 12.6 Å². The van der Waals surface area contributed by atoms with Crippen molar-refractivity contribution in [3.8, 4) is 5.75 Å². The van der Waals surface area contributed by atoms with Crippen LogP contribution in [0.25, 0.3) is 0 Å². The van der Waals surface area contributed by atoms with Gasteiger partial charge < -0.3 is 9.74 Å². The van der Waals surface area contributed by atoms with E-state index in [0.717, 1.165) is 11.4 Å². The lowest BCUT2D eigenvalue weighted by Crippen LogP contribution is -2.29. The van der Waals surface area contributed by atoms with Crippen molar-refractivity contribution >= 4 is 19.9 Å². The highest BCUT2D eigenvalue weighted by Crippen LogP contribution is 2.18. The number of nitrogens with one attached hydrogen (secondary N) is 1. The largest absolute Gasteiger partial charge is 0.544 e. The Balaban J connectivity index is 2.68. The van der Waals surface area contributed by atoms with Gasteiger partial charge in [0.2, 0.25) is 14.2 Å². The molecule has 1 rings (SSSR count). The van der Waals surface area contributed by atoms with Crippen LogP contribution in [0, 0.1) is 0 Å². The van der Waals surface area contributed by atoms with Crippen LogP contribution in [0.15, 0.2) is 24.3 Å². The van der Waals surface area contributed by atoms with Crippen molar-refractivity contribution in [1.82, 2.24) is 0 Å². The SMILES string of the molecule is CC(=O)Nc1ccc(O[Si](C)(C)C)cc1. The van der Waals surface area contributed by atoms with Crippen LogP contribution in [-0.2, 0) is 4.79 Å². The van der Waals surface area contributed by atoms with E-state index in [2.05, 4.69) is 25.0 Å². The zero-order chi connectivity index (χ0) is 11.5. The number of rotatable bonds is 3. The average molecular weight is 223 g/mol. The molecule has 0 radical (unpaired) electrons. The molecular formula is C11H17NO2Si. The van der Waals surface area contributed by atoms with Crippen molar-refractivity contribution < 1.29 is 9.22 Å². The van der Waals surface area contributed by atoms with Gasteiger partial charge in [0.1, 0.15) is 5.75 Å².